The van der Waals surface area contributed by atoms with Crippen LogP contribution in [0.1, 0.15) is 33.6 Å². The number of anilines is 2. The maximum atomic E-state index is 12.5. The number of hydrogen-bond acceptors (Lipinski definition) is 8. The Morgan fingerprint density at radius 1 is 1.14 bits per heavy atom. The summed E-state index contributed by atoms with van der Waals surface area (Å²) in [6.45, 7) is 13.0. The molecule has 0 aliphatic carbocycles. The van der Waals surface area contributed by atoms with Crippen LogP contribution in [-0.2, 0) is 4.79 Å². The number of piperazine rings is 1. The van der Waals surface area contributed by atoms with E-state index in [9.17, 15) is 4.79 Å². The molecule has 1 aliphatic heterocycles. The van der Waals surface area contributed by atoms with Gasteiger partial charge in [0.2, 0.25) is 5.91 Å². The highest BCUT2D eigenvalue weighted by atomic mass is 35.5. The zero-order valence-electron chi connectivity index (χ0n) is 21.9. The Balaban J connectivity index is 1.46. The zero-order chi connectivity index (χ0) is 25.9. The van der Waals surface area contributed by atoms with Crippen molar-refractivity contribution in [1.82, 2.24) is 20.2 Å². The number of thioether (sulfide) groups is 1. The van der Waals surface area contributed by atoms with Crippen molar-refractivity contribution >= 4 is 40.8 Å². The van der Waals surface area contributed by atoms with Crippen molar-refractivity contribution in [2.45, 2.75) is 44.8 Å². The highest BCUT2D eigenvalue weighted by molar-refractivity contribution is 7.99. The molecule has 8 nitrogen and oxygen atoms in total. The van der Waals surface area contributed by atoms with Crippen molar-refractivity contribution < 1.29 is 9.53 Å². The molecule has 1 unspecified atom stereocenters. The summed E-state index contributed by atoms with van der Waals surface area (Å²) in [6, 6.07) is 10.1. The highest BCUT2D eigenvalue weighted by Crippen LogP contribution is 2.25. The van der Waals surface area contributed by atoms with Crippen LogP contribution in [0.15, 0.2) is 35.5 Å². The van der Waals surface area contributed by atoms with Gasteiger partial charge in [0, 0.05) is 44.0 Å². The van der Waals surface area contributed by atoms with Crippen LogP contribution >= 0.6 is 23.4 Å². The van der Waals surface area contributed by atoms with Crippen molar-refractivity contribution in [3.05, 3.63) is 35.5 Å². The normalized spacial score (nSPS) is 14.7. The lowest BCUT2D eigenvalue weighted by molar-refractivity contribution is -0.119. The Morgan fingerprint density at radius 3 is 2.44 bits per heavy atom. The molecular formula is C26H39ClN6O2S. The molecule has 0 spiro atoms. The van der Waals surface area contributed by atoms with Gasteiger partial charge in [-0.3, -0.25) is 4.79 Å². The third-order valence-electron chi connectivity index (χ3n) is 6.45. The lowest BCUT2D eigenvalue weighted by Crippen LogP contribution is -2.46. The van der Waals surface area contributed by atoms with Crippen LogP contribution in [0.25, 0.3) is 0 Å². The minimum atomic E-state index is -0.00595. The van der Waals surface area contributed by atoms with Gasteiger partial charge in [-0.25, -0.2) is 9.97 Å². The zero-order valence-corrected chi connectivity index (χ0v) is 23.4. The number of rotatable bonds is 13. The smallest absolute Gasteiger partial charge is 0.230 e. The summed E-state index contributed by atoms with van der Waals surface area (Å²) in [5.74, 6) is 1.92. The molecule has 1 aromatic carbocycles. The first-order chi connectivity index (χ1) is 17.4. The summed E-state index contributed by atoms with van der Waals surface area (Å²) in [5.41, 5.74) is 1.18. The second-order valence-corrected chi connectivity index (χ2v) is 10.3. The van der Waals surface area contributed by atoms with Crippen LogP contribution in [0.2, 0.25) is 5.15 Å². The Labute approximate surface area is 224 Å². The number of methoxy groups -OCH3 is 1. The Bertz CT molecular complexity index is 952. The lowest BCUT2D eigenvalue weighted by Gasteiger charge is -2.36. The minimum absolute atomic E-state index is 0.00595. The topological polar surface area (TPSA) is 73.8 Å². The summed E-state index contributed by atoms with van der Waals surface area (Å²) < 4.78 is 5.26. The lowest BCUT2D eigenvalue weighted by atomic mass is 10.2. The van der Waals surface area contributed by atoms with E-state index >= 15 is 0 Å². The van der Waals surface area contributed by atoms with E-state index in [1.165, 1.54) is 17.4 Å². The van der Waals surface area contributed by atoms with E-state index in [1.807, 2.05) is 12.1 Å². The summed E-state index contributed by atoms with van der Waals surface area (Å²) in [4.78, 5) is 28.5. The average Bonchev–Trinajstić information content (AvgIpc) is 2.90. The highest BCUT2D eigenvalue weighted by Gasteiger charge is 2.20. The standard InChI is InChI=1S/C26H39ClN6O2S/c1-5-31(6-2)13-7-8-20(3)28-25(34)19-36-26-29-23(27)18-24(30-26)33-16-14-32(15-17-33)21-9-11-22(35-4)12-10-21/h9-12,18,20H,5-8,13-17,19H2,1-4H3,(H,28,34). The summed E-state index contributed by atoms with van der Waals surface area (Å²) >= 11 is 7.63. The number of ether oxygens (including phenoxy) is 1. The molecule has 0 saturated carbocycles. The van der Waals surface area contributed by atoms with Gasteiger partial charge in [0.15, 0.2) is 5.16 Å². The number of halogens is 1. The van der Waals surface area contributed by atoms with E-state index in [0.717, 1.165) is 70.2 Å². The third kappa shape index (κ3) is 8.71. The van der Waals surface area contributed by atoms with Crippen molar-refractivity contribution in [3.63, 3.8) is 0 Å². The van der Waals surface area contributed by atoms with E-state index < -0.39 is 0 Å². The molecule has 0 radical (unpaired) electrons. The van der Waals surface area contributed by atoms with Gasteiger partial charge >= 0.3 is 0 Å². The molecule has 1 aliphatic rings. The predicted octanol–water partition coefficient (Wildman–Crippen LogP) is 4.18. The molecule has 2 heterocycles. The number of amides is 1. The van der Waals surface area contributed by atoms with E-state index in [4.69, 9.17) is 16.3 Å². The molecule has 1 atom stereocenters. The number of hydrogen-bond donors (Lipinski definition) is 1. The summed E-state index contributed by atoms with van der Waals surface area (Å²) in [7, 11) is 1.68. The second-order valence-electron chi connectivity index (χ2n) is 8.93. The van der Waals surface area contributed by atoms with Gasteiger partial charge in [-0.2, -0.15) is 0 Å². The Kier molecular flexibility index (Phi) is 11.4. The molecule has 198 valence electrons. The molecular weight excluding hydrogens is 496 g/mol. The van der Waals surface area contributed by atoms with Gasteiger partial charge < -0.3 is 24.8 Å². The van der Waals surface area contributed by atoms with Crippen LogP contribution in [-0.4, -0.2) is 85.5 Å². The maximum absolute atomic E-state index is 12.5. The largest absolute Gasteiger partial charge is 0.497 e. The SMILES string of the molecule is CCN(CC)CCCC(C)NC(=O)CSc1nc(Cl)cc(N2CCN(c3ccc(OC)cc3)CC2)n1. The number of nitrogens with one attached hydrogen (secondary N) is 1. The molecule has 1 saturated heterocycles. The quantitative estimate of drug-likeness (QED) is 0.233. The van der Waals surface area contributed by atoms with Gasteiger partial charge in [0.25, 0.3) is 0 Å². The molecule has 3 rings (SSSR count). The van der Waals surface area contributed by atoms with Crippen molar-refractivity contribution in [2.75, 3.05) is 68.5 Å². The molecule has 1 N–H and O–H groups in total. The fraction of sp³-hybridized carbons (Fsp3) is 0.577. The maximum Gasteiger partial charge on any atom is 0.230 e. The monoisotopic (exact) mass is 534 g/mol. The van der Waals surface area contributed by atoms with Crippen LogP contribution < -0.4 is 19.9 Å². The van der Waals surface area contributed by atoms with E-state index in [1.54, 1.807) is 13.2 Å². The van der Waals surface area contributed by atoms with Crippen molar-refractivity contribution in [2.24, 2.45) is 0 Å². The molecule has 1 aromatic heterocycles. The van der Waals surface area contributed by atoms with Gasteiger partial charge in [-0.1, -0.05) is 37.2 Å². The molecule has 1 amide bonds. The number of carbonyl (C=O) groups excluding carboxylic acids is 1. The fourth-order valence-corrected chi connectivity index (χ4v) is 5.17. The first kappa shape index (κ1) is 28.3. The predicted molar refractivity (Wildman–Crippen MR) is 150 cm³/mol. The Morgan fingerprint density at radius 2 is 1.81 bits per heavy atom. The number of aromatic nitrogens is 2. The van der Waals surface area contributed by atoms with Crippen molar-refractivity contribution in [1.29, 1.82) is 0 Å². The average molecular weight is 535 g/mol. The number of benzene rings is 1. The summed E-state index contributed by atoms with van der Waals surface area (Å²) in [6.07, 6.45) is 2.04. The molecule has 0 bridgehead atoms. The van der Waals surface area contributed by atoms with E-state index in [0.29, 0.717) is 10.3 Å². The molecule has 1 fully saturated rings. The fourth-order valence-electron chi connectivity index (χ4n) is 4.28. The Hall–Kier alpha value is -2.23. The van der Waals surface area contributed by atoms with Gasteiger partial charge in [-0.15, -0.1) is 0 Å². The first-order valence-electron chi connectivity index (χ1n) is 12.7. The van der Waals surface area contributed by atoms with Gasteiger partial charge in [0.1, 0.15) is 16.7 Å². The first-order valence-corrected chi connectivity index (χ1v) is 14.1. The van der Waals surface area contributed by atoms with E-state index in [-0.39, 0.29) is 17.7 Å². The van der Waals surface area contributed by atoms with E-state index in [2.05, 4.69) is 62.9 Å². The summed E-state index contributed by atoms with van der Waals surface area (Å²) in [5, 5.41) is 4.01. The van der Waals surface area contributed by atoms with Gasteiger partial charge in [0.05, 0.1) is 12.9 Å². The molecule has 10 heteroatoms. The number of carbonyl (C=O) groups is 1. The number of nitrogens with zero attached hydrogens (tertiary/aromatic N) is 5. The van der Waals surface area contributed by atoms with Crippen LogP contribution in [0.4, 0.5) is 11.5 Å². The van der Waals surface area contributed by atoms with Crippen LogP contribution in [0.5, 0.6) is 5.75 Å². The van der Waals surface area contributed by atoms with Crippen LogP contribution in [0.3, 0.4) is 0 Å². The van der Waals surface area contributed by atoms with Crippen molar-refractivity contribution in [3.8, 4) is 5.75 Å². The van der Waals surface area contributed by atoms with Gasteiger partial charge in [-0.05, 0) is 63.7 Å². The second kappa shape index (κ2) is 14.5. The molecule has 2 aromatic rings. The minimum Gasteiger partial charge on any atom is -0.497 e. The van der Waals surface area contributed by atoms with Crippen LogP contribution in [0, 0.1) is 0 Å². The molecule has 36 heavy (non-hydrogen) atoms. The third-order valence-corrected chi connectivity index (χ3v) is 7.49.